The van der Waals surface area contributed by atoms with Gasteiger partial charge in [0, 0.05) is 17.8 Å². The van der Waals surface area contributed by atoms with Crippen molar-refractivity contribution >= 4 is 23.3 Å². The van der Waals surface area contributed by atoms with Gasteiger partial charge in [0.15, 0.2) is 5.78 Å². The van der Waals surface area contributed by atoms with Crippen LogP contribution < -0.4 is 10.6 Å². The molecule has 2 N–H and O–H groups in total. The minimum Gasteiger partial charge on any atom is -0.355 e. The van der Waals surface area contributed by atoms with Crippen LogP contribution in [-0.2, 0) is 16.0 Å². The molecule has 2 amide bonds. The summed E-state index contributed by atoms with van der Waals surface area (Å²) in [6, 6.07) is 13.0. The molecule has 0 heterocycles. The summed E-state index contributed by atoms with van der Waals surface area (Å²) in [5.74, 6) is -1.14. The first-order valence-electron chi connectivity index (χ1n) is 8.86. The van der Waals surface area contributed by atoms with Gasteiger partial charge < -0.3 is 10.6 Å². The lowest BCUT2D eigenvalue weighted by Gasteiger charge is -2.16. The molecule has 0 saturated heterocycles. The molecule has 1 saturated carbocycles. The maximum absolute atomic E-state index is 13.6. The van der Waals surface area contributed by atoms with E-state index in [-0.39, 0.29) is 30.0 Å². The highest BCUT2D eigenvalue weighted by Crippen LogP contribution is 2.46. The van der Waals surface area contributed by atoms with E-state index in [9.17, 15) is 18.8 Å². The van der Waals surface area contributed by atoms with E-state index in [0.29, 0.717) is 36.1 Å². The number of carbonyl (C=O) groups excluding carboxylic acids is 3. The third-order valence-corrected chi connectivity index (χ3v) is 4.78. The van der Waals surface area contributed by atoms with E-state index in [0.717, 1.165) is 0 Å². The first kappa shape index (κ1) is 18.8. The summed E-state index contributed by atoms with van der Waals surface area (Å²) in [7, 11) is 0. The van der Waals surface area contributed by atoms with Crippen LogP contribution in [0.2, 0.25) is 0 Å². The minimum absolute atomic E-state index is 0.0990. The van der Waals surface area contributed by atoms with Gasteiger partial charge in [-0.25, -0.2) is 4.39 Å². The highest BCUT2D eigenvalue weighted by molar-refractivity contribution is 6.13. The standard InChI is InChI=1S/C21H21FN2O3/c1-14(25)16-6-4-7-17(13-16)24-20(27)21(10-11-21)19(26)23-12-9-15-5-2-3-8-18(15)22/h2-8,13H,9-12H2,1H3,(H,23,26)(H,24,27). The molecule has 0 radical (unpaired) electrons. The van der Waals surface area contributed by atoms with Gasteiger partial charge in [0.05, 0.1) is 0 Å². The van der Waals surface area contributed by atoms with Gasteiger partial charge in [0.2, 0.25) is 11.8 Å². The lowest BCUT2D eigenvalue weighted by Crippen LogP contribution is -2.40. The zero-order valence-electron chi connectivity index (χ0n) is 15.0. The molecule has 0 spiro atoms. The maximum Gasteiger partial charge on any atom is 0.240 e. The summed E-state index contributed by atoms with van der Waals surface area (Å²) < 4.78 is 13.6. The van der Waals surface area contributed by atoms with Crippen LogP contribution in [0.1, 0.15) is 35.7 Å². The molecule has 2 aromatic carbocycles. The number of amides is 2. The third kappa shape index (κ3) is 4.22. The predicted octanol–water partition coefficient (Wildman–Crippen LogP) is 3.11. The van der Waals surface area contributed by atoms with Crippen molar-refractivity contribution in [2.24, 2.45) is 5.41 Å². The number of benzene rings is 2. The second-order valence-electron chi connectivity index (χ2n) is 6.77. The van der Waals surface area contributed by atoms with E-state index in [4.69, 9.17) is 0 Å². The number of nitrogens with one attached hydrogen (secondary N) is 2. The van der Waals surface area contributed by atoms with Gasteiger partial charge in [-0.2, -0.15) is 0 Å². The predicted molar refractivity (Wildman–Crippen MR) is 99.9 cm³/mol. The molecule has 2 aromatic rings. The van der Waals surface area contributed by atoms with Gasteiger partial charge in [-0.3, -0.25) is 14.4 Å². The molecule has 0 aromatic heterocycles. The fourth-order valence-corrected chi connectivity index (χ4v) is 2.93. The summed E-state index contributed by atoms with van der Waals surface area (Å²) in [5.41, 5.74) is 0.417. The average molecular weight is 368 g/mol. The molecule has 27 heavy (non-hydrogen) atoms. The summed E-state index contributed by atoms with van der Waals surface area (Å²) in [6.45, 7) is 1.71. The van der Waals surface area contributed by atoms with Crippen LogP contribution in [0.5, 0.6) is 0 Å². The molecular weight excluding hydrogens is 347 g/mol. The van der Waals surface area contributed by atoms with Crippen LogP contribution in [0.15, 0.2) is 48.5 Å². The Morgan fingerprint density at radius 3 is 2.44 bits per heavy atom. The number of halogens is 1. The normalized spacial score (nSPS) is 14.3. The van der Waals surface area contributed by atoms with Crippen molar-refractivity contribution < 1.29 is 18.8 Å². The van der Waals surface area contributed by atoms with Gasteiger partial charge in [0.1, 0.15) is 11.2 Å². The molecule has 0 aliphatic heterocycles. The monoisotopic (exact) mass is 368 g/mol. The third-order valence-electron chi connectivity index (χ3n) is 4.78. The largest absolute Gasteiger partial charge is 0.355 e. The van der Waals surface area contributed by atoms with E-state index >= 15 is 0 Å². The van der Waals surface area contributed by atoms with E-state index in [1.54, 1.807) is 42.5 Å². The van der Waals surface area contributed by atoms with Crippen LogP contribution in [0.3, 0.4) is 0 Å². The van der Waals surface area contributed by atoms with Crippen LogP contribution >= 0.6 is 0 Å². The summed E-state index contributed by atoms with van der Waals surface area (Å²) in [4.78, 5) is 36.5. The van der Waals surface area contributed by atoms with Crippen molar-refractivity contribution in [1.29, 1.82) is 0 Å². The fourth-order valence-electron chi connectivity index (χ4n) is 2.93. The molecule has 0 bridgehead atoms. The van der Waals surface area contributed by atoms with Crippen molar-refractivity contribution in [3.8, 4) is 0 Å². The van der Waals surface area contributed by atoms with Gasteiger partial charge in [-0.1, -0.05) is 30.3 Å². The fraction of sp³-hybridized carbons (Fsp3) is 0.286. The van der Waals surface area contributed by atoms with Gasteiger partial charge in [-0.15, -0.1) is 0 Å². The molecule has 140 valence electrons. The van der Waals surface area contributed by atoms with Crippen LogP contribution in [0.25, 0.3) is 0 Å². The molecule has 1 aliphatic rings. The topological polar surface area (TPSA) is 75.3 Å². The van der Waals surface area contributed by atoms with Crippen molar-refractivity contribution in [2.45, 2.75) is 26.2 Å². The van der Waals surface area contributed by atoms with Crippen molar-refractivity contribution in [3.05, 3.63) is 65.5 Å². The van der Waals surface area contributed by atoms with E-state index < -0.39 is 5.41 Å². The number of anilines is 1. The van der Waals surface area contributed by atoms with E-state index in [1.165, 1.54) is 13.0 Å². The second kappa shape index (κ2) is 7.70. The number of hydrogen-bond donors (Lipinski definition) is 2. The zero-order valence-corrected chi connectivity index (χ0v) is 15.0. The Morgan fingerprint density at radius 1 is 1.04 bits per heavy atom. The number of ketones is 1. The highest BCUT2D eigenvalue weighted by Gasteiger charge is 2.56. The Bertz CT molecular complexity index is 891. The Hall–Kier alpha value is -3.02. The zero-order chi connectivity index (χ0) is 19.4. The van der Waals surface area contributed by atoms with Crippen molar-refractivity contribution in [3.63, 3.8) is 0 Å². The number of Topliss-reactive ketones (excluding diaryl/α,β-unsaturated/α-hetero) is 1. The average Bonchev–Trinajstić information content (AvgIpc) is 3.45. The highest BCUT2D eigenvalue weighted by atomic mass is 19.1. The van der Waals surface area contributed by atoms with E-state index in [1.807, 2.05) is 0 Å². The Kier molecular flexibility index (Phi) is 5.35. The van der Waals surface area contributed by atoms with Crippen LogP contribution in [0.4, 0.5) is 10.1 Å². The summed E-state index contributed by atoms with van der Waals surface area (Å²) in [5, 5.41) is 5.46. The van der Waals surface area contributed by atoms with Gasteiger partial charge in [-0.05, 0) is 49.9 Å². The molecular formula is C21H21FN2O3. The van der Waals surface area contributed by atoms with Crippen LogP contribution in [-0.4, -0.2) is 24.1 Å². The smallest absolute Gasteiger partial charge is 0.240 e. The lowest BCUT2D eigenvalue weighted by molar-refractivity contribution is -0.134. The van der Waals surface area contributed by atoms with Crippen molar-refractivity contribution in [2.75, 3.05) is 11.9 Å². The number of rotatable bonds is 7. The first-order valence-corrected chi connectivity index (χ1v) is 8.86. The minimum atomic E-state index is -1.08. The molecule has 6 heteroatoms. The second-order valence-corrected chi connectivity index (χ2v) is 6.77. The van der Waals surface area contributed by atoms with E-state index in [2.05, 4.69) is 10.6 Å². The molecule has 0 atom stereocenters. The van der Waals surface area contributed by atoms with Gasteiger partial charge in [0.25, 0.3) is 0 Å². The summed E-state index contributed by atoms with van der Waals surface area (Å²) in [6.07, 6.45) is 1.30. The molecule has 5 nitrogen and oxygen atoms in total. The molecule has 1 aliphatic carbocycles. The summed E-state index contributed by atoms with van der Waals surface area (Å²) >= 11 is 0. The molecule has 0 unspecified atom stereocenters. The van der Waals surface area contributed by atoms with Crippen molar-refractivity contribution in [1.82, 2.24) is 5.32 Å². The SMILES string of the molecule is CC(=O)c1cccc(NC(=O)C2(C(=O)NCCc3ccccc3F)CC2)c1. The molecule has 1 fully saturated rings. The number of hydrogen-bond acceptors (Lipinski definition) is 3. The maximum atomic E-state index is 13.6. The first-order chi connectivity index (χ1) is 12.9. The Labute approximate surface area is 157 Å². The van der Waals surface area contributed by atoms with Crippen LogP contribution in [0, 0.1) is 11.2 Å². The van der Waals surface area contributed by atoms with Gasteiger partial charge >= 0.3 is 0 Å². The lowest BCUT2D eigenvalue weighted by atomic mass is 10.0. The Morgan fingerprint density at radius 2 is 1.78 bits per heavy atom. The number of carbonyl (C=O) groups is 3. The quantitative estimate of drug-likeness (QED) is 0.582. The Balaban J connectivity index is 1.58. The molecule has 3 rings (SSSR count).